The van der Waals surface area contributed by atoms with Gasteiger partial charge in [0.1, 0.15) is 0 Å². The zero-order valence-electron chi connectivity index (χ0n) is 4.30. The van der Waals surface area contributed by atoms with Gasteiger partial charge in [-0.05, 0) is 0 Å². The van der Waals surface area contributed by atoms with Crippen molar-refractivity contribution in [3.05, 3.63) is 5.95 Å². The molecule has 0 aliphatic carbocycles. The zero-order valence-corrected chi connectivity index (χ0v) is 4.30. The van der Waals surface area contributed by atoms with Gasteiger partial charge in [-0.3, -0.25) is 0 Å². The Morgan fingerprint density at radius 3 is 2.50 bits per heavy atom. The fourth-order valence-corrected chi connectivity index (χ4v) is 0.362. The van der Waals surface area contributed by atoms with Gasteiger partial charge in [-0.1, -0.05) is 5.21 Å². The van der Waals surface area contributed by atoms with Crippen LogP contribution < -0.4 is 5.73 Å². The number of aromatic nitrogens is 3. The van der Waals surface area contributed by atoms with Crippen molar-refractivity contribution in [3.8, 4) is 0 Å². The number of anilines is 1. The van der Waals surface area contributed by atoms with Crippen molar-refractivity contribution in [3.63, 3.8) is 0 Å². The summed E-state index contributed by atoms with van der Waals surface area (Å²) in [6.45, 7) is 0. The molecule has 0 bridgehead atoms. The Hall–Kier alpha value is -1.13. The summed E-state index contributed by atoms with van der Waals surface area (Å²) in [5.74, 6) is -0.752. The molecule has 0 aliphatic rings. The molecule has 8 heavy (non-hydrogen) atoms. The molecule has 0 saturated carbocycles. The number of hydrogen-bond acceptors (Lipinski definition) is 3. The standard InChI is InChI=1S/C3H5FN4/c1-8-2(4)3(5)6-7-8/h5H2,1H3. The number of hydrogen-bond donors (Lipinski definition) is 1. The van der Waals surface area contributed by atoms with E-state index in [1.807, 2.05) is 0 Å². The predicted molar refractivity (Wildman–Crippen MR) is 25.4 cm³/mol. The van der Waals surface area contributed by atoms with Crippen LogP contribution in [0.5, 0.6) is 0 Å². The van der Waals surface area contributed by atoms with Gasteiger partial charge in [0.15, 0.2) is 0 Å². The van der Waals surface area contributed by atoms with E-state index < -0.39 is 5.95 Å². The summed E-state index contributed by atoms with van der Waals surface area (Å²) in [5.41, 5.74) is 4.97. The first-order chi connectivity index (χ1) is 3.72. The zero-order chi connectivity index (χ0) is 6.15. The second kappa shape index (κ2) is 1.43. The second-order valence-corrected chi connectivity index (χ2v) is 1.39. The number of halogens is 1. The number of nitrogens with two attached hydrogens (primary N) is 1. The largest absolute Gasteiger partial charge is 0.378 e. The van der Waals surface area contributed by atoms with Gasteiger partial charge in [-0.15, -0.1) is 5.10 Å². The molecule has 1 aromatic rings. The molecule has 0 unspecified atom stereocenters. The van der Waals surface area contributed by atoms with Crippen molar-refractivity contribution in [1.29, 1.82) is 0 Å². The lowest BCUT2D eigenvalue weighted by atomic mass is 10.7. The normalized spacial score (nSPS) is 9.75. The monoisotopic (exact) mass is 116 g/mol. The Morgan fingerprint density at radius 1 is 1.75 bits per heavy atom. The topological polar surface area (TPSA) is 56.7 Å². The molecule has 4 nitrogen and oxygen atoms in total. The smallest absolute Gasteiger partial charge is 0.255 e. The van der Waals surface area contributed by atoms with E-state index in [9.17, 15) is 4.39 Å². The van der Waals surface area contributed by atoms with Crippen LogP contribution in [0.25, 0.3) is 0 Å². The van der Waals surface area contributed by atoms with E-state index in [4.69, 9.17) is 5.73 Å². The van der Waals surface area contributed by atoms with Crippen LogP contribution in [-0.2, 0) is 7.05 Å². The highest BCUT2D eigenvalue weighted by atomic mass is 19.1. The quantitative estimate of drug-likeness (QED) is 0.498. The molecule has 0 aromatic carbocycles. The maximum Gasteiger partial charge on any atom is 0.255 e. The van der Waals surface area contributed by atoms with E-state index in [-0.39, 0.29) is 5.82 Å². The molecule has 0 atom stereocenters. The van der Waals surface area contributed by atoms with Gasteiger partial charge in [0.25, 0.3) is 5.95 Å². The molecule has 2 N–H and O–H groups in total. The van der Waals surface area contributed by atoms with Gasteiger partial charge < -0.3 is 5.73 Å². The average Bonchev–Trinajstić information content (AvgIpc) is 1.98. The summed E-state index contributed by atoms with van der Waals surface area (Å²) in [4.78, 5) is 0. The molecule has 0 fully saturated rings. The number of nitrogen functional groups attached to an aromatic ring is 1. The van der Waals surface area contributed by atoms with Gasteiger partial charge in [0, 0.05) is 7.05 Å². The summed E-state index contributed by atoms with van der Waals surface area (Å²) >= 11 is 0. The maximum atomic E-state index is 12.2. The summed E-state index contributed by atoms with van der Waals surface area (Å²) < 4.78 is 13.2. The van der Waals surface area contributed by atoms with E-state index >= 15 is 0 Å². The van der Waals surface area contributed by atoms with Crippen molar-refractivity contribution in [2.75, 3.05) is 5.73 Å². The minimum absolute atomic E-state index is 0.160. The number of nitrogens with zero attached hydrogens (tertiary/aromatic N) is 3. The van der Waals surface area contributed by atoms with E-state index in [0.29, 0.717) is 0 Å². The predicted octanol–water partition coefficient (Wildman–Crippen LogP) is -0.464. The Balaban J connectivity index is 3.19. The van der Waals surface area contributed by atoms with Gasteiger partial charge in [-0.2, -0.15) is 4.39 Å². The molecular formula is C3H5FN4. The summed E-state index contributed by atoms with van der Waals surface area (Å²) in [5, 5.41) is 6.51. The number of rotatable bonds is 0. The van der Waals surface area contributed by atoms with E-state index in [0.717, 1.165) is 4.68 Å². The molecular weight excluding hydrogens is 111 g/mol. The van der Waals surface area contributed by atoms with Crippen LogP contribution in [-0.4, -0.2) is 15.0 Å². The first-order valence-electron chi connectivity index (χ1n) is 2.02. The molecule has 5 heteroatoms. The second-order valence-electron chi connectivity index (χ2n) is 1.39. The minimum atomic E-state index is -0.593. The van der Waals surface area contributed by atoms with Crippen molar-refractivity contribution < 1.29 is 4.39 Å². The molecule has 1 rings (SSSR count). The molecule has 0 aliphatic heterocycles. The molecule has 1 aromatic heterocycles. The Morgan fingerprint density at radius 2 is 2.38 bits per heavy atom. The van der Waals surface area contributed by atoms with E-state index in [2.05, 4.69) is 10.3 Å². The van der Waals surface area contributed by atoms with Gasteiger partial charge in [0.2, 0.25) is 5.82 Å². The SMILES string of the molecule is Cn1nnc(N)c1F. The van der Waals surface area contributed by atoms with Crippen LogP contribution in [0.4, 0.5) is 10.2 Å². The Labute approximate surface area is 45.1 Å². The van der Waals surface area contributed by atoms with Gasteiger partial charge >= 0.3 is 0 Å². The Kier molecular flexibility index (Phi) is 0.896. The van der Waals surface area contributed by atoms with Crippen molar-refractivity contribution in [1.82, 2.24) is 15.0 Å². The van der Waals surface area contributed by atoms with Crippen LogP contribution in [0.15, 0.2) is 0 Å². The first kappa shape index (κ1) is 5.02. The summed E-state index contributed by atoms with van der Waals surface area (Å²) in [6, 6.07) is 0. The van der Waals surface area contributed by atoms with Crippen molar-refractivity contribution in [2.24, 2.45) is 7.05 Å². The first-order valence-corrected chi connectivity index (χ1v) is 2.02. The third-order valence-electron chi connectivity index (χ3n) is 0.782. The van der Waals surface area contributed by atoms with E-state index in [1.165, 1.54) is 7.05 Å². The van der Waals surface area contributed by atoms with Crippen LogP contribution in [0, 0.1) is 5.95 Å². The molecule has 0 saturated heterocycles. The molecule has 0 spiro atoms. The third kappa shape index (κ3) is 0.518. The van der Waals surface area contributed by atoms with Crippen molar-refractivity contribution in [2.45, 2.75) is 0 Å². The van der Waals surface area contributed by atoms with Crippen LogP contribution in [0.3, 0.4) is 0 Å². The molecule has 0 radical (unpaired) electrons. The van der Waals surface area contributed by atoms with Gasteiger partial charge in [-0.25, -0.2) is 4.68 Å². The highest BCUT2D eigenvalue weighted by Gasteiger charge is 2.02. The Bertz CT molecular complexity index is 174. The fraction of sp³-hybridized carbons (Fsp3) is 0.333. The maximum absolute atomic E-state index is 12.2. The van der Waals surface area contributed by atoms with Crippen LogP contribution in [0.2, 0.25) is 0 Å². The molecule has 0 amide bonds. The lowest BCUT2D eigenvalue weighted by Crippen LogP contribution is -1.94. The van der Waals surface area contributed by atoms with E-state index in [1.54, 1.807) is 0 Å². The molecule has 44 valence electrons. The third-order valence-corrected chi connectivity index (χ3v) is 0.782. The highest BCUT2D eigenvalue weighted by molar-refractivity contribution is 5.22. The van der Waals surface area contributed by atoms with Crippen molar-refractivity contribution >= 4 is 5.82 Å². The number of aryl methyl sites for hydroxylation is 1. The molecule has 1 heterocycles. The summed E-state index contributed by atoms with van der Waals surface area (Å²) in [7, 11) is 1.43. The lowest BCUT2D eigenvalue weighted by Gasteiger charge is -1.82. The summed E-state index contributed by atoms with van der Waals surface area (Å²) in [6.07, 6.45) is 0. The minimum Gasteiger partial charge on any atom is -0.378 e. The average molecular weight is 116 g/mol. The fourth-order valence-electron chi connectivity index (χ4n) is 0.362. The van der Waals surface area contributed by atoms with Crippen LogP contribution in [0.1, 0.15) is 0 Å². The highest BCUT2D eigenvalue weighted by Crippen LogP contribution is 1.99. The van der Waals surface area contributed by atoms with Crippen LogP contribution >= 0.6 is 0 Å². The lowest BCUT2D eigenvalue weighted by molar-refractivity contribution is 0.503. The van der Waals surface area contributed by atoms with Gasteiger partial charge in [0.05, 0.1) is 0 Å².